The van der Waals surface area contributed by atoms with Crippen LogP contribution in [0.4, 0.5) is 5.69 Å². The van der Waals surface area contributed by atoms with Crippen molar-refractivity contribution in [3.05, 3.63) is 69.4 Å². The van der Waals surface area contributed by atoms with Gasteiger partial charge < -0.3 is 14.2 Å². The number of hydrogen-bond donors (Lipinski definition) is 0. The Morgan fingerprint density at radius 2 is 1.85 bits per heavy atom. The van der Waals surface area contributed by atoms with E-state index in [1.807, 2.05) is 0 Å². The molecule has 3 rings (SSSR count). The van der Waals surface area contributed by atoms with Crippen LogP contribution in [0.2, 0.25) is 0 Å². The lowest BCUT2D eigenvalue weighted by atomic mass is 10.1. The van der Waals surface area contributed by atoms with Gasteiger partial charge in [0, 0.05) is 17.7 Å². The van der Waals surface area contributed by atoms with Crippen LogP contribution in [0.3, 0.4) is 0 Å². The number of esters is 1. The fraction of sp³-hybridized carbons (Fsp3) is 0.111. The molecule has 0 radical (unpaired) electrons. The monoisotopic (exact) mass is 354 g/mol. The van der Waals surface area contributed by atoms with Crippen molar-refractivity contribution >= 4 is 23.6 Å². The molecule has 8 heteroatoms. The number of rotatable bonds is 5. The van der Waals surface area contributed by atoms with Gasteiger partial charge in [-0.15, -0.1) is 0 Å². The van der Waals surface area contributed by atoms with Crippen LogP contribution in [0.1, 0.15) is 11.1 Å². The maximum absolute atomic E-state index is 12.2. The Hall–Kier alpha value is -3.68. The van der Waals surface area contributed by atoms with E-state index in [1.165, 1.54) is 38.5 Å². The summed E-state index contributed by atoms with van der Waals surface area (Å²) in [6.45, 7) is 0. The minimum absolute atomic E-state index is 0.0538. The molecule has 0 unspecified atom stereocenters. The molecule has 0 aromatic heterocycles. The van der Waals surface area contributed by atoms with Crippen molar-refractivity contribution in [1.29, 1.82) is 0 Å². The van der Waals surface area contributed by atoms with Gasteiger partial charge in [0.15, 0.2) is 5.70 Å². The maximum Gasteiger partial charge on any atom is 0.363 e. The average Bonchev–Trinajstić information content (AvgIpc) is 3.02. The quantitative estimate of drug-likeness (QED) is 0.354. The molecule has 0 fully saturated rings. The van der Waals surface area contributed by atoms with Gasteiger partial charge >= 0.3 is 5.97 Å². The molecule has 26 heavy (non-hydrogen) atoms. The highest BCUT2D eigenvalue weighted by molar-refractivity contribution is 6.14. The van der Waals surface area contributed by atoms with Crippen LogP contribution in [0.5, 0.6) is 11.5 Å². The number of nitro benzene ring substituents is 1. The van der Waals surface area contributed by atoms with Gasteiger partial charge in [0.1, 0.15) is 11.5 Å². The highest BCUT2D eigenvalue weighted by Crippen LogP contribution is 2.29. The zero-order valence-electron chi connectivity index (χ0n) is 14.0. The number of nitrogens with zero attached hydrogens (tertiary/aromatic N) is 2. The van der Waals surface area contributed by atoms with E-state index >= 15 is 0 Å². The normalized spacial score (nSPS) is 14.8. The lowest BCUT2D eigenvalue weighted by Gasteiger charge is -2.06. The summed E-state index contributed by atoms with van der Waals surface area (Å²) >= 11 is 0. The molecule has 2 aromatic rings. The number of aliphatic imine (C=N–C) groups is 1. The van der Waals surface area contributed by atoms with E-state index in [4.69, 9.17) is 14.2 Å². The molecule has 0 spiro atoms. The second-order valence-electron chi connectivity index (χ2n) is 5.22. The molecule has 132 valence electrons. The van der Waals surface area contributed by atoms with E-state index in [9.17, 15) is 14.9 Å². The summed E-state index contributed by atoms with van der Waals surface area (Å²) in [5.74, 6) is 0.154. The highest BCUT2D eigenvalue weighted by Gasteiger charge is 2.28. The topological polar surface area (TPSA) is 100 Å². The van der Waals surface area contributed by atoms with Gasteiger partial charge in [-0.2, -0.15) is 0 Å². The lowest BCUT2D eigenvalue weighted by molar-refractivity contribution is -0.384. The van der Waals surface area contributed by atoms with Gasteiger partial charge in [-0.3, -0.25) is 10.1 Å². The highest BCUT2D eigenvalue weighted by atomic mass is 16.6. The summed E-state index contributed by atoms with van der Waals surface area (Å²) < 4.78 is 15.6. The summed E-state index contributed by atoms with van der Waals surface area (Å²) in [6, 6.07) is 11.1. The molecule has 1 aliphatic heterocycles. The Morgan fingerprint density at radius 3 is 2.54 bits per heavy atom. The second kappa shape index (κ2) is 7.06. The predicted octanol–water partition coefficient (Wildman–Crippen LogP) is 2.96. The molecule has 0 saturated heterocycles. The molecule has 0 atom stereocenters. The van der Waals surface area contributed by atoms with Crippen LogP contribution in [0, 0.1) is 10.1 Å². The molecule has 1 aliphatic rings. The van der Waals surface area contributed by atoms with Crippen molar-refractivity contribution in [2.45, 2.75) is 0 Å². The molecule has 0 saturated carbocycles. The van der Waals surface area contributed by atoms with Crippen molar-refractivity contribution in [1.82, 2.24) is 0 Å². The number of benzene rings is 2. The Labute approximate surface area is 148 Å². The first kappa shape index (κ1) is 17.2. The van der Waals surface area contributed by atoms with Gasteiger partial charge in [0.2, 0.25) is 5.90 Å². The second-order valence-corrected chi connectivity index (χ2v) is 5.22. The largest absolute Gasteiger partial charge is 0.496 e. The fourth-order valence-corrected chi connectivity index (χ4v) is 2.43. The van der Waals surface area contributed by atoms with Gasteiger partial charge in [0.05, 0.1) is 24.7 Å². The minimum atomic E-state index is -0.667. The van der Waals surface area contributed by atoms with E-state index in [2.05, 4.69) is 4.99 Å². The zero-order chi connectivity index (χ0) is 18.7. The van der Waals surface area contributed by atoms with Crippen LogP contribution in [0.25, 0.3) is 6.08 Å². The van der Waals surface area contributed by atoms with Crippen LogP contribution < -0.4 is 9.47 Å². The summed E-state index contributed by atoms with van der Waals surface area (Å²) in [5, 5.41) is 11.0. The molecule has 1 heterocycles. The Morgan fingerprint density at radius 1 is 1.12 bits per heavy atom. The molecule has 0 bridgehead atoms. The predicted molar refractivity (Wildman–Crippen MR) is 93.2 cm³/mol. The summed E-state index contributed by atoms with van der Waals surface area (Å²) in [7, 11) is 2.93. The van der Waals surface area contributed by atoms with E-state index in [0.717, 1.165) is 0 Å². The minimum Gasteiger partial charge on any atom is -0.496 e. The number of carbonyl (C=O) groups excluding carboxylic acids is 1. The molecular weight excluding hydrogens is 340 g/mol. The number of ether oxygens (including phenoxy) is 3. The van der Waals surface area contributed by atoms with Crippen LogP contribution in [-0.4, -0.2) is 31.0 Å². The molecule has 2 aromatic carbocycles. The fourth-order valence-electron chi connectivity index (χ4n) is 2.43. The maximum atomic E-state index is 12.2. The first-order valence-corrected chi connectivity index (χ1v) is 7.52. The number of methoxy groups -OCH3 is 2. The zero-order valence-corrected chi connectivity index (χ0v) is 14.0. The molecule has 0 amide bonds. The third-order valence-corrected chi connectivity index (χ3v) is 3.68. The average molecular weight is 354 g/mol. The Kier molecular flexibility index (Phi) is 4.66. The van der Waals surface area contributed by atoms with Crippen LogP contribution in [0.15, 0.2) is 53.2 Å². The van der Waals surface area contributed by atoms with Crippen molar-refractivity contribution in [3.8, 4) is 11.5 Å². The summed E-state index contributed by atoms with van der Waals surface area (Å²) in [4.78, 5) is 26.8. The third kappa shape index (κ3) is 3.25. The molecule has 8 nitrogen and oxygen atoms in total. The van der Waals surface area contributed by atoms with E-state index in [0.29, 0.717) is 17.1 Å². The van der Waals surface area contributed by atoms with Crippen molar-refractivity contribution in [2.24, 2.45) is 4.99 Å². The molecule has 0 N–H and O–H groups in total. The molecule has 0 aliphatic carbocycles. The lowest BCUT2D eigenvalue weighted by Crippen LogP contribution is -2.07. The van der Waals surface area contributed by atoms with E-state index < -0.39 is 10.9 Å². The smallest absolute Gasteiger partial charge is 0.363 e. The van der Waals surface area contributed by atoms with Gasteiger partial charge in [-0.1, -0.05) is 18.2 Å². The first-order valence-electron chi connectivity index (χ1n) is 7.52. The van der Waals surface area contributed by atoms with Gasteiger partial charge in [-0.05, 0) is 18.2 Å². The SMILES string of the molecule is COc1ccccc1/C=C1/N=C(c2cc([N+](=O)[O-])ccc2OC)OC1=O. The molecular formula is C18H14N2O6. The van der Waals surface area contributed by atoms with Gasteiger partial charge in [-0.25, -0.2) is 9.79 Å². The first-order chi connectivity index (χ1) is 12.5. The standard InChI is InChI=1S/C18H14N2O6/c1-24-15-6-4-3-5-11(15)9-14-18(21)26-17(19-14)13-10-12(20(22)23)7-8-16(13)25-2/h3-10H,1-2H3/b14-9+. The number of para-hydroxylation sites is 1. The van der Waals surface area contributed by atoms with Crippen molar-refractivity contribution < 1.29 is 23.9 Å². The van der Waals surface area contributed by atoms with Gasteiger partial charge in [0.25, 0.3) is 5.69 Å². The van der Waals surface area contributed by atoms with Crippen LogP contribution in [-0.2, 0) is 9.53 Å². The summed E-state index contributed by atoms with van der Waals surface area (Å²) in [5.41, 5.74) is 0.760. The number of nitro groups is 1. The number of non-ortho nitro benzene ring substituents is 1. The Bertz CT molecular complexity index is 948. The number of carbonyl (C=O) groups is 1. The van der Waals surface area contributed by atoms with Crippen molar-refractivity contribution in [2.75, 3.05) is 14.2 Å². The third-order valence-electron chi connectivity index (χ3n) is 3.68. The van der Waals surface area contributed by atoms with E-state index in [1.54, 1.807) is 24.3 Å². The number of cyclic esters (lactones) is 1. The number of hydrogen-bond acceptors (Lipinski definition) is 7. The van der Waals surface area contributed by atoms with Crippen LogP contribution >= 0.6 is 0 Å². The van der Waals surface area contributed by atoms with E-state index in [-0.39, 0.29) is 22.8 Å². The Balaban J connectivity index is 2.04. The summed E-state index contributed by atoms with van der Waals surface area (Å²) in [6.07, 6.45) is 1.53. The van der Waals surface area contributed by atoms with Crippen molar-refractivity contribution in [3.63, 3.8) is 0 Å².